The van der Waals surface area contributed by atoms with Gasteiger partial charge < -0.3 is 20.3 Å². The lowest BCUT2D eigenvalue weighted by atomic mass is 10.1. The zero-order valence-electron chi connectivity index (χ0n) is 19.5. The van der Waals surface area contributed by atoms with Gasteiger partial charge in [0.2, 0.25) is 0 Å². The summed E-state index contributed by atoms with van der Waals surface area (Å²) in [5.74, 6) is -3.92. The normalized spacial score (nSPS) is 11.7. The van der Waals surface area contributed by atoms with E-state index in [9.17, 15) is 40.7 Å². The van der Waals surface area contributed by atoms with Gasteiger partial charge in [-0.3, -0.25) is 9.59 Å². The van der Waals surface area contributed by atoms with E-state index in [1.54, 1.807) is 15.5 Å². The number of hydrogen-bond donors (Lipinski definition) is 2. The SMILES string of the molecule is CCCCOC(=O)N(CCCCCCNC(=O)C(F)(F)F)CCCCCCNC(=O)C(F)(F)F. The molecule has 0 saturated heterocycles. The molecule has 0 aliphatic carbocycles. The molecule has 0 saturated carbocycles. The third-order valence-electron chi connectivity index (χ3n) is 4.78. The molecule has 0 aromatic rings. The minimum absolute atomic E-state index is 0.0788. The van der Waals surface area contributed by atoms with Crippen LogP contribution in [0.1, 0.15) is 71.1 Å². The number of hydrogen-bond acceptors (Lipinski definition) is 4. The fourth-order valence-corrected chi connectivity index (χ4v) is 2.86. The lowest BCUT2D eigenvalue weighted by Gasteiger charge is -2.22. The standard InChI is InChI=1S/C21H35F6N3O4/c1-2-3-16-34-19(33)30(14-10-6-4-8-12-28-17(31)20(22,23)24)15-11-7-5-9-13-29-18(32)21(25,26)27/h2-16H2,1H3,(H,28,31)(H,29,32). The molecule has 7 nitrogen and oxygen atoms in total. The highest BCUT2D eigenvalue weighted by molar-refractivity contribution is 5.81. The van der Waals surface area contributed by atoms with Crippen molar-refractivity contribution in [3.8, 4) is 0 Å². The van der Waals surface area contributed by atoms with Crippen LogP contribution in [0, 0.1) is 0 Å². The van der Waals surface area contributed by atoms with E-state index < -0.39 is 30.3 Å². The van der Waals surface area contributed by atoms with Gasteiger partial charge in [-0.25, -0.2) is 4.79 Å². The number of carbonyl (C=O) groups is 3. The summed E-state index contributed by atoms with van der Waals surface area (Å²) < 4.78 is 77.8. The number of nitrogens with zero attached hydrogens (tertiary/aromatic N) is 1. The van der Waals surface area contributed by atoms with Gasteiger partial charge >= 0.3 is 30.3 Å². The predicted molar refractivity (Wildman–Crippen MR) is 113 cm³/mol. The van der Waals surface area contributed by atoms with Crippen molar-refractivity contribution in [1.29, 1.82) is 0 Å². The molecule has 2 N–H and O–H groups in total. The summed E-state index contributed by atoms with van der Waals surface area (Å²) in [5.41, 5.74) is 0. The Morgan fingerprint density at radius 2 is 1.09 bits per heavy atom. The Labute approximate surface area is 195 Å². The average Bonchev–Trinajstić information content (AvgIpc) is 2.74. The number of rotatable bonds is 17. The minimum Gasteiger partial charge on any atom is -0.449 e. The van der Waals surface area contributed by atoms with Crippen LogP contribution in [0.4, 0.5) is 31.1 Å². The first-order chi connectivity index (χ1) is 15.9. The van der Waals surface area contributed by atoms with Crippen LogP contribution in [0.2, 0.25) is 0 Å². The van der Waals surface area contributed by atoms with Crippen molar-refractivity contribution >= 4 is 17.9 Å². The second-order valence-electron chi connectivity index (χ2n) is 7.79. The molecular formula is C21H35F6N3O4. The van der Waals surface area contributed by atoms with Crippen molar-refractivity contribution in [3.05, 3.63) is 0 Å². The van der Waals surface area contributed by atoms with Gasteiger partial charge in [-0.05, 0) is 32.1 Å². The lowest BCUT2D eigenvalue weighted by molar-refractivity contribution is -0.173. The maximum atomic E-state index is 12.3. The van der Waals surface area contributed by atoms with Crippen LogP contribution >= 0.6 is 0 Å². The Morgan fingerprint density at radius 1 is 0.676 bits per heavy atom. The number of carbonyl (C=O) groups excluding carboxylic acids is 3. The summed E-state index contributed by atoms with van der Waals surface area (Å²) in [7, 11) is 0. The molecule has 34 heavy (non-hydrogen) atoms. The number of unbranched alkanes of at least 4 members (excludes halogenated alkanes) is 7. The van der Waals surface area contributed by atoms with Crippen LogP contribution in [-0.4, -0.2) is 67.9 Å². The van der Waals surface area contributed by atoms with Gasteiger partial charge in [0, 0.05) is 26.2 Å². The van der Waals surface area contributed by atoms with Crippen LogP contribution < -0.4 is 10.6 Å². The molecule has 0 aliphatic rings. The largest absolute Gasteiger partial charge is 0.471 e. The molecule has 0 radical (unpaired) electrons. The van der Waals surface area contributed by atoms with Gasteiger partial charge in [-0.15, -0.1) is 0 Å². The molecule has 0 aromatic heterocycles. The molecule has 0 bridgehead atoms. The van der Waals surface area contributed by atoms with E-state index in [-0.39, 0.29) is 13.1 Å². The molecule has 0 rings (SSSR count). The highest BCUT2D eigenvalue weighted by Crippen LogP contribution is 2.15. The smallest absolute Gasteiger partial charge is 0.449 e. The maximum absolute atomic E-state index is 12.3. The topological polar surface area (TPSA) is 87.7 Å². The molecule has 3 amide bonds. The second-order valence-corrected chi connectivity index (χ2v) is 7.79. The maximum Gasteiger partial charge on any atom is 0.471 e. The highest BCUT2D eigenvalue weighted by atomic mass is 19.4. The molecule has 13 heteroatoms. The zero-order valence-corrected chi connectivity index (χ0v) is 19.5. The van der Waals surface area contributed by atoms with Crippen molar-refractivity contribution in [2.24, 2.45) is 0 Å². The molecule has 0 atom stereocenters. The van der Waals surface area contributed by atoms with Gasteiger partial charge in [-0.1, -0.05) is 39.0 Å². The van der Waals surface area contributed by atoms with Gasteiger partial charge in [0.1, 0.15) is 0 Å². The molecule has 0 spiro atoms. The van der Waals surface area contributed by atoms with E-state index in [2.05, 4.69) is 0 Å². The fourth-order valence-electron chi connectivity index (χ4n) is 2.86. The van der Waals surface area contributed by atoms with Crippen molar-refractivity contribution < 1.29 is 45.5 Å². The number of amides is 3. The van der Waals surface area contributed by atoms with Crippen LogP contribution in [-0.2, 0) is 14.3 Å². The summed E-state index contributed by atoms with van der Waals surface area (Å²) in [6.07, 6.45) is -4.19. The van der Waals surface area contributed by atoms with Crippen molar-refractivity contribution in [2.45, 2.75) is 83.5 Å². The summed E-state index contributed by atoms with van der Waals surface area (Å²) >= 11 is 0. The van der Waals surface area contributed by atoms with Gasteiger partial charge in [0.05, 0.1) is 6.61 Å². The van der Waals surface area contributed by atoms with Gasteiger partial charge in [0.15, 0.2) is 0 Å². The fraction of sp³-hybridized carbons (Fsp3) is 0.857. The first kappa shape index (κ1) is 31.8. The quantitative estimate of drug-likeness (QED) is 0.221. The molecule has 0 aliphatic heterocycles. The zero-order chi connectivity index (χ0) is 26.0. The van der Waals surface area contributed by atoms with E-state index in [0.29, 0.717) is 71.1 Å². The van der Waals surface area contributed by atoms with Crippen molar-refractivity contribution in [2.75, 3.05) is 32.8 Å². The number of ether oxygens (including phenoxy) is 1. The number of nitrogens with one attached hydrogen (secondary N) is 2. The first-order valence-corrected chi connectivity index (χ1v) is 11.5. The number of halogens is 6. The Morgan fingerprint density at radius 3 is 1.47 bits per heavy atom. The van der Waals surface area contributed by atoms with E-state index in [0.717, 1.165) is 12.8 Å². The predicted octanol–water partition coefficient (Wildman–Crippen LogP) is 4.70. The van der Waals surface area contributed by atoms with Crippen LogP contribution in [0.3, 0.4) is 0 Å². The van der Waals surface area contributed by atoms with E-state index >= 15 is 0 Å². The van der Waals surface area contributed by atoms with Crippen LogP contribution in [0.25, 0.3) is 0 Å². The van der Waals surface area contributed by atoms with E-state index in [4.69, 9.17) is 4.74 Å². The summed E-state index contributed by atoms with van der Waals surface area (Å²) in [6, 6.07) is 0. The highest BCUT2D eigenvalue weighted by Gasteiger charge is 2.38. The van der Waals surface area contributed by atoms with Crippen molar-refractivity contribution in [3.63, 3.8) is 0 Å². The van der Waals surface area contributed by atoms with E-state index in [1.807, 2.05) is 6.92 Å². The second kappa shape index (κ2) is 17.3. The average molecular weight is 508 g/mol. The van der Waals surface area contributed by atoms with Gasteiger partial charge in [0.25, 0.3) is 0 Å². The lowest BCUT2D eigenvalue weighted by Crippen LogP contribution is -2.37. The Bertz CT molecular complexity index is 560. The summed E-state index contributed by atoms with van der Waals surface area (Å²) in [5, 5.41) is 3.61. The molecular weight excluding hydrogens is 472 g/mol. The minimum atomic E-state index is -4.89. The monoisotopic (exact) mass is 507 g/mol. The third-order valence-corrected chi connectivity index (χ3v) is 4.78. The molecule has 200 valence electrons. The van der Waals surface area contributed by atoms with Crippen LogP contribution in [0.5, 0.6) is 0 Å². The molecule has 0 aromatic carbocycles. The molecule has 0 fully saturated rings. The Hall–Kier alpha value is -2.21. The summed E-state index contributed by atoms with van der Waals surface area (Å²) in [4.78, 5) is 35.3. The molecule has 0 heterocycles. The Balaban J connectivity index is 4.16. The van der Waals surface area contributed by atoms with Crippen molar-refractivity contribution in [1.82, 2.24) is 15.5 Å². The van der Waals surface area contributed by atoms with Gasteiger partial charge in [-0.2, -0.15) is 26.3 Å². The third kappa shape index (κ3) is 16.4. The van der Waals surface area contributed by atoms with Crippen LogP contribution in [0.15, 0.2) is 0 Å². The summed E-state index contributed by atoms with van der Waals surface area (Å²) in [6.45, 7) is 2.90. The Kier molecular flexibility index (Phi) is 16.1. The first-order valence-electron chi connectivity index (χ1n) is 11.5. The number of alkyl halides is 6. The van der Waals surface area contributed by atoms with E-state index in [1.165, 1.54) is 0 Å². The molecule has 0 unspecified atom stereocenters.